The number of nitrogens with zero attached hydrogens (tertiary/aromatic N) is 5. The third kappa shape index (κ3) is 4.25. The van der Waals surface area contributed by atoms with E-state index in [4.69, 9.17) is 5.73 Å². The molecule has 128 valence electrons. The molecule has 3 heterocycles. The number of nitrogens with two attached hydrogens (primary N) is 1. The molecule has 0 bridgehead atoms. The van der Waals surface area contributed by atoms with Crippen LogP contribution in [-0.4, -0.2) is 63.6 Å². The standard InChI is InChI=1S/C18H26N6/c1-2-3-10-24-15-22(14-17-20-8-5-9-21-17)12-7-18(24)23-11-4-6-16(19)13-23/h5,7-9,16H,4,6,10-15,19H2,1H3/t16-/m1/s1. The summed E-state index contributed by atoms with van der Waals surface area (Å²) < 4.78 is 0. The van der Waals surface area contributed by atoms with Gasteiger partial charge in [0, 0.05) is 38.1 Å². The number of hydrogen-bond donors (Lipinski definition) is 1. The molecule has 1 aromatic rings. The SMILES string of the molecule is CC#CCN1CN(Cc2ncccn2)CC=C1N1CCC[C@@H](N)C1. The highest BCUT2D eigenvalue weighted by atomic mass is 15.4. The van der Waals surface area contributed by atoms with E-state index in [1.54, 1.807) is 12.4 Å². The lowest BCUT2D eigenvalue weighted by Crippen LogP contribution is -2.50. The fourth-order valence-electron chi connectivity index (χ4n) is 3.29. The average molecular weight is 326 g/mol. The Morgan fingerprint density at radius 1 is 1.33 bits per heavy atom. The second-order valence-corrected chi connectivity index (χ2v) is 6.35. The van der Waals surface area contributed by atoms with Gasteiger partial charge in [0.2, 0.25) is 0 Å². The van der Waals surface area contributed by atoms with Crippen molar-refractivity contribution in [1.82, 2.24) is 24.7 Å². The van der Waals surface area contributed by atoms with Crippen LogP contribution in [0.5, 0.6) is 0 Å². The van der Waals surface area contributed by atoms with Crippen LogP contribution in [0.15, 0.2) is 30.4 Å². The Morgan fingerprint density at radius 3 is 2.92 bits per heavy atom. The Hall–Kier alpha value is -2.10. The van der Waals surface area contributed by atoms with Gasteiger partial charge in [-0.1, -0.05) is 5.92 Å². The highest BCUT2D eigenvalue weighted by Crippen LogP contribution is 2.21. The van der Waals surface area contributed by atoms with E-state index < -0.39 is 0 Å². The highest BCUT2D eigenvalue weighted by Gasteiger charge is 2.26. The Labute approximate surface area is 144 Å². The van der Waals surface area contributed by atoms with Crippen LogP contribution in [-0.2, 0) is 6.54 Å². The first-order chi connectivity index (χ1) is 11.8. The summed E-state index contributed by atoms with van der Waals surface area (Å²) in [5.74, 6) is 8.34. The lowest BCUT2D eigenvalue weighted by atomic mass is 10.1. The smallest absolute Gasteiger partial charge is 0.142 e. The van der Waals surface area contributed by atoms with Gasteiger partial charge in [-0.05, 0) is 31.9 Å². The van der Waals surface area contributed by atoms with Crippen LogP contribution in [0.4, 0.5) is 0 Å². The lowest BCUT2D eigenvalue weighted by molar-refractivity contribution is 0.0999. The first-order valence-corrected chi connectivity index (χ1v) is 8.59. The number of likely N-dealkylation sites (tertiary alicyclic amines) is 1. The number of rotatable bonds is 4. The molecule has 0 amide bonds. The Morgan fingerprint density at radius 2 is 2.17 bits per heavy atom. The third-order valence-electron chi connectivity index (χ3n) is 4.44. The van der Waals surface area contributed by atoms with Crippen LogP contribution in [0.1, 0.15) is 25.6 Å². The Bertz CT molecular complexity index is 617. The minimum absolute atomic E-state index is 0.273. The maximum Gasteiger partial charge on any atom is 0.142 e. The third-order valence-corrected chi connectivity index (χ3v) is 4.44. The topological polar surface area (TPSA) is 61.5 Å². The molecule has 2 aliphatic heterocycles. The molecule has 1 fully saturated rings. The van der Waals surface area contributed by atoms with Gasteiger partial charge in [0.1, 0.15) is 11.6 Å². The molecule has 0 aliphatic carbocycles. The van der Waals surface area contributed by atoms with Crippen LogP contribution in [0.25, 0.3) is 0 Å². The van der Waals surface area contributed by atoms with Crippen molar-refractivity contribution in [3.8, 4) is 11.8 Å². The van der Waals surface area contributed by atoms with Gasteiger partial charge < -0.3 is 15.5 Å². The summed E-state index contributed by atoms with van der Waals surface area (Å²) in [6.07, 6.45) is 8.16. The lowest BCUT2D eigenvalue weighted by Gasteiger charge is -2.43. The first-order valence-electron chi connectivity index (χ1n) is 8.59. The van der Waals surface area contributed by atoms with Crippen LogP contribution in [0, 0.1) is 11.8 Å². The van der Waals surface area contributed by atoms with Gasteiger partial charge in [0.05, 0.1) is 19.8 Å². The van der Waals surface area contributed by atoms with E-state index >= 15 is 0 Å². The van der Waals surface area contributed by atoms with Crippen molar-refractivity contribution in [2.45, 2.75) is 32.4 Å². The predicted molar refractivity (Wildman–Crippen MR) is 94.3 cm³/mol. The van der Waals surface area contributed by atoms with Crippen molar-refractivity contribution in [3.05, 3.63) is 36.2 Å². The van der Waals surface area contributed by atoms with Gasteiger partial charge in [-0.15, -0.1) is 5.92 Å². The van der Waals surface area contributed by atoms with E-state index in [0.717, 1.165) is 58.1 Å². The van der Waals surface area contributed by atoms with Gasteiger partial charge in [-0.3, -0.25) is 4.90 Å². The number of aromatic nitrogens is 2. The van der Waals surface area contributed by atoms with E-state index in [-0.39, 0.29) is 6.04 Å². The van der Waals surface area contributed by atoms with E-state index in [0.29, 0.717) is 0 Å². The van der Waals surface area contributed by atoms with E-state index in [9.17, 15) is 0 Å². The fourth-order valence-corrected chi connectivity index (χ4v) is 3.29. The molecule has 0 radical (unpaired) electrons. The van der Waals surface area contributed by atoms with Crippen LogP contribution in [0.2, 0.25) is 0 Å². The molecule has 6 heteroatoms. The van der Waals surface area contributed by atoms with Gasteiger partial charge in [0.25, 0.3) is 0 Å². The summed E-state index contributed by atoms with van der Waals surface area (Å²) >= 11 is 0. The summed E-state index contributed by atoms with van der Waals surface area (Å²) in [7, 11) is 0. The molecule has 2 N–H and O–H groups in total. The fraction of sp³-hybridized carbons (Fsp3) is 0.556. The molecule has 24 heavy (non-hydrogen) atoms. The van der Waals surface area contributed by atoms with Crippen LogP contribution < -0.4 is 5.73 Å². The summed E-state index contributed by atoms with van der Waals surface area (Å²) in [6.45, 7) is 7.13. The molecule has 1 aromatic heterocycles. The van der Waals surface area contributed by atoms with Crippen molar-refractivity contribution in [3.63, 3.8) is 0 Å². The van der Waals surface area contributed by atoms with E-state index in [2.05, 4.69) is 42.6 Å². The second kappa shape index (κ2) is 8.13. The molecule has 0 saturated carbocycles. The molecule has 0 spiro atoms. The zero-order valence-electron chi connectivity index (χ0n) is 14.4. The molecule has 6 nitrogen and oxygen atoms in total. The number of hydrogen-bond acceptors (Lipinski definition) is 6. The van der Waals surface area contributed by atoms with Crippen molar-refractivity contribution < 1.29 is 0 Å². The minimum atomic E-state index is 0.273. The molecule has 3 rings (SSSR count). The monoisotopic (exact) mass is 326 g/mol. The predicted octanol–water partition coefficient (Wildman–Crippen LogP) is 0.840. The molecule has 2 aliphatic rings. The van der Waals surface area contributed by atoms with Gasteiger partial charge in [-0.2, -0.15) is 0 Å². The number of piperidine rings is 1. The quantitative estimate of drug-likeness (QED) is 0.828. The first kappa shape index (κ1) is 16.7. The zero-order valence-corrected chi connectivity index (χ0v) is 14.4. The van der Waals surface area contributed by atoms with E-state index in [1.807, 2.05) is 13.0 Å². The average Bonchev–Trinajstić information content (AvgIpc) is 2.61. The summed E-state index contributed by atoms with van der Waals surface area (Å²) in [5, 5.41) is 0. The summed E-state index contributed by atoms with van der Waals surface area (Å²) in [5.41, 5.74) is 6.16. The molecule has 1 saturated heterocycles. The molecular formula is C18H26N6. The molecular weight excluding hydrogens is 300 g/mol. The largest absolute Gasteiger partial charge is 0.357 e. The van der Waals surface area contributed by atoms with Crippen LogP contribution >= 0.6 is 0 Å². The second-order valence-electron chi connectivity index (χ2n) is 6.35. The van der Waals surface area contributed by atoms with Crippen molar-refractivity contribution in [1.29, 1.82) is 0 Å². The minimum Gasteiger partial charge on any atom is -0.357 e. The Kier molecular flexibility index (Phi) is 5.68. The van der Waals surface area contributed by atoms with Gasteiger partial charge >= 0.3 is 0 Å². The van der Waals surface area contributed by atoms with Gasteiger partial charge in [-0.25, -0.2) is 9.97 Å². The van der Waals surface area contributed by atoms with E-state index in [1.165, 1.54) is 5.82 Å². The molecule has 0 unspecified atom stereocenters. The molecule has 0 aromatic carbocycles. The maximum absolute atomic E-state index is 6.16. The summed E-state index contributed by atoms with van der Waals surface area (Å²) in [4.78, 5) is 15.8. The Balaban J connectivity index is 1.71. The maximum atomic E-state index is 6.16. The summed E-state index contributed by atoms with van der Waals surface area (Å²) in [6, 6.07) is 2.12. The zero-order chi connectivity index (χ0) is 16.8. The van der Waals surface area contributed by atoms with Crippen molar-refractivity contribution in [2.24, 2.45) is 5.73 Å². The van der Waals surface area contributed by atoms with Crippen molar-refractivity contribution in [2.75, 3.05) is 32.8 Å². The normalized spacial score (nSPS) is 21.9. The molecule has 1 atom stereocenters. The van der Waals surface area contributed by atoms with Crippen LogP contribution in [0.3, 0.4) is 0 Å². The van der Waals surface area contributed by atoms with Crippen molar-refractivity contribution >= 4 is 0 Å². The highest BCUT2D eigenvalue weighted by molar-refractivity contribution is 5.11. The van der Waals surface area contributed by atoms with Gasteiger partial charge in [0.15, 0.2) is 0 Å².